The number of amides is 2. The zero-order chi connectivity index (χ0) is 24.3. The maximum absolute atomic E-state index is 14.5. The number of nitrogens with zero attached hydrogens (tertiary/aromatic N) is 1. The van der Waals surface area contributed by atoms with Crippen molar-refractivity contribution in [3.63, 3.8) is 0 Å². The normalized spacial score (nSPS) is 11.6. The summed E-state index contributed by atoms with van der Waals surface area (Å²) in [4.78, 5) is 39.6. The van der Waals surface area contributed by atoms with Gasteiger partial charge in [0.15, 0.2) is 0 Å². The highest BCUT2D eigenvalue weighted by atomic mass is 32.1. The molecule has 9 heteroatoms. The Morgan fingerprint density at radius 2 is 1.47 bits per heavy atom. The number of thiophene rings is 1. The quantitative estimate of drug-likeness (QED) is 0.383. The van der Waals surface area contributed by atoms with Crippen LogP contribution in [0, 0.1) is 5.82 Å². The first-order valence-corrected chi connectivity index (χ1v) is 10.9. The molecule has 32 heavy (non-hydrogen) atoms. The molecule has 0 radical (unpaired) electrons. The molecule has 0 fully saturated rings. The Kier molecular flexibility index (Phi) is 7.66. The van der Waals surface area contributed by atoms with Crippen molar-refractivity contribution >= 4 is 34.5 Å². The Labute approximate surface area is 191 Å². The van der Waals surface area contributed by atoms with Crippen molar-refractivity contribution in [2.45, 2.75) is 59.7 Å². The number of rotatable bonds is 4. The first kappa shape index (κ1) is 25.3. The van der Waals surface area contributed by atoms with Gasteiger partial charge in [-0.05, 0) is 54.5 Å². The van der Waals surface area contributed by atoms with Crippen molar-refractivity contribution in [3.8, 4) is 11.1 Å². The Morgan fingerprint density at radius 3 is 1.94 bits per heavy atom. The molecule has 0 bridgehead atoms. The van der Waals surface area contributed by atoms with E-state index in [1.807, 2.05) is 0 Å². The lowest BCUT2D eigenvalue weighted by atomic mass is 10.0. The van der Waals surface area contributed by atoms with Gasteiger partial charge in [-0.25, -0.2) is 18.8 Å². The van der Waals surface area contributed by atoms with Crippen LogP contribution in [0.15, 0.2) is 29.6 Å². The molecule has 174 valence electrons. The first-order chi connectivity index (χ1) is 14.7. The van der Waals surface area contributed by atoms with Gasteiger partial charge in [0.2, 0.25) is 0 Å². The number of benzene rings is 1. The van der Waals surface area contributed by atoms with Gasteiger partial charge in [0.25, 0.3) is 0 Å². The van der Waals surface area contributed by atoms with Crippen LogP contribution >= 0.6 is 11.3 Å². The molecule has 1 aromatic carbocycles. The fourth-order valence-electron chi connectivity index (χ4n) is 2.65. The van der Waals surface area contributed by atoms with Crippen LogP contribution < -0.4 is 4.90 Å². The van der Waals surface area contributed by atoms with E-state index in [1.54, 1.807) is 54.5 Å². The van der Waals surface area contributed by atoms with Crippen LogP contribution in [0.1, 0.15) is 58.8 Å². The van der Waals surface area contributed by atoms with E-state index < -0.39 is 35.2 Å². The highest BCUT2D eigenvalue weighted by Crippen LogP contribution is 2.40. The maximum Gasteiger partial charge on any atom is 0.425 e. The van der Waals surface area contributed by atoms with Gasteiger partial charge in [0.05, 0.1) is 6.61 Å². The van der Waals surface area contributed by atoms with Gasteiger partial charge >= 0.3 is 18.2 Å². The highest BCUT2D eigenvalue weighted by Gasteiger charge is 2.38. The molecule has 2 rings (SSSR count). The first-order valence-electron chi connectivity index (χ1n) is 10.0. The number of ether oxygens (including phenoxy) is 3. The molecular weight excluding hydrogens is 437 g/mol. The third-order valence-electron chi connectivity index (χ3n) is 3.77. The Bertz CT molecular complexity index is 975. The second kappa shape index (κ2) is 9.68. The van der Waals surface area contributed by atoms with Gasteiger partial charge in [-0.2, -0.15) is 4.90 Å². The van der Waals surface area contributed by atoms with E-state index >= 15 is 0 Å². The molecule has 0 aliphatic carbocycles. The summed E-state index contributed by atoms with van der Waals surface area (Å²) in [5, 5.41) is 1.41. The average Bonchev–Trinajstić information content (AvgIpc) is 3.03. The van der Waals surface area contributed by atoms with Crippen LogP contribution in [-0.2, 0) is 14.2 Å². The fraction of sp³-hybridized carbons (Fsp3) is 0.435. The minimum atomic E-state index is -1.03. The number of hydrogen-bond acceptors (Lipinski definition) is 7. The van der Waals surface area contributed by atoms with Gasteiger partial charge in [0.1, 0.15) is 27.6 Å². The van der Waals surface area contributed by atoms with Crippen molar-refractivity contribution < 1.29 is 33.0 Å². The van der Waals surface area contributed by atoms with Crippen molar-refractivity contribution in [2.24, 2.45) is 0 Å². The van der Waals surface area contributed by atoms with Crippen molar-refractivity contribution in [1.29, 1.82) is 0 Å². The number of hydrogen-bond donors (Lipinski definition) is 0. The van der Waals surface area contributed by atoms with Gasteiger partial charge in [-0.1, -0.05) is 18.2 Å². The van der Waals surface area contributed by atoms with E-state index in [9.17, 15) is 18.8 Å². The summed E-state index contributed by atoms with van der Waals surface area (Å²) in [5.74, 6) is -1.37. The summed E-state index contributed by atoms with van der Waals surface area (Å²) in [6, 6.07) is 5.88. The SMILES string of the molecule is CCOC(=O)c1c(-c2ccccc2F)csc1N(C(=O)OC(C)(C)C)C(=O)OC(C)(C)C. The van der Waals surface area contributed by atoms with Crippen LogP contribution in [0.25, 0.3) is 11.1 Å². The summed E-state index contributed by atoms with van der Waals surface area (Å²) >= 11 is 0.907. The van der Waals surface area contributed by atoms with E-state index in [0.29, 0.717) is 4.90 Å². The number of esters is 1. The number of imide groups is 1. The molecule has 0 aliphatic heterocycles. The Hall–Kier alpha value is -2.94. The molecule has 0 N–H and O–H groups in total. The van der Waals surface area contributed by atoms with Crippen LogP contribution in [0.4, 0.5) is 19.0 Å². The summed E-state index contributed by atoms with van der Waals surface area (Å²) in [6.07, 6.45) is -2.06. The standard InChI is InChI=1S/C23H28FNO6S/c1-8-29-19(26)17-15(14-11-9-10-12-16(14)24)13-32-18(17)25(20(27)30-22(2,3)4)21(28)31-23(5,6)7/h9-13H,8H2,1-7H3. The third-order valence-corrected chi connectivity index (χ3v) is 4.73. The number of halogens is 1. The van der Waals surface area contributed by atoms with Gasteiger partial charge < -0.3 is 14.2 Å². The highest BCUT2D eigenvalue weighted by molar-refractivity contribution is 7.15. The van der Waals surface area contributed by atoms with Crippen LogP contribution in [0.3, 0.4) is 0 Å². The van der Waals surface area contributed by atoms with Crippen LogP contribution in [0.2, 0.25) is 0 Å². The largest absolute Gasteiger partial charge is 0.462 e. The van der Waals surface area contributed by atoms with E-state index in [4.69, 9.17) is 14.2 Å². The number of carbonyl (C=O) groups excluding carboxylic acids is 3. The van der Waals surface area contributed by atoms with E-state index in [-0.39, 0.29) is 28.3 Å². The zero-order valence-electron chi connectivity index (χ0n) is 19.3. The summed E-state index contributed by atoms with van der Waals surface area (Å²) in [6.45, 7) is 11.5. The molecule has 0 spiro atoms. The molecule has 0 saturated carbocycles. The van der Waals surface area contributed by atoms with Crippen molar-refractivity contribution in [1.82, 2.24) is 0 Å². The smallest absolute Gasteiger partial charge is 0.425 e. The minimum absolute atomic E-state index is 0.0453. The molecule has 0 unspecified atom stereocenters. The summed E-state index contributed by atoms with van der Waals surface area (Å²) < 4.78 is 30.5. The molecule has 7 nitrogen and oxygen atoms in total. The topological polar surface area (TPSA) is 82.1 Å². The monoisotopic (exact) mass is 465 g/mol. The predicted molar refractivity (Wildman–Crippen MR) is 121 cm³/mol. The molecule has 0 atom stereocenters. The third kappa shape index (κ3) is 6.29. The van der Waals surface area contributed by atoms with Gasteiger partial charge in [-0.3, -0.25) is 0 Å². The Balaban J connectivity index is 2.71. The van der Waals surface area contributed by atoms with E-state index in [0.717, 1.165) is 11.3 Å². The lowest BCUT2D eigenvalue weighted by Gasteiger charge is -2.28. The van der Waals surface area contributed by atoms with Gasteiger partial charge in [-0.15, -0.1) is 11.3 Å². The molecule has 0 saturated heterocycles. The summed E-state index contributed by atoms with van der Waals surface area (Å²) in [5.41, 5.74) is -1.65. The fourth-order valence-corrected chi connectivity index (χ4v) is 3.69. The van der Waals surface area contributed by atoms with Crippen LogP contribution in [-0.4, -0.2) is 36.0 Å². The lowest BCUT2D eigenvalue weighted by molar-refractivity contribution is 0.0432. The number of anilines is 1. The lowest BCUT2D eigenvalue weighted by Crippen LogP contribution is -2.44. The van der Waals surface area contributed by atoms with Crippen molar-refractivity contribution in [3.05, 3.63) is 41.0 Å². The summed E-state index contributed by atoms with van der Waals surface area (Å²) in [7, 11) is 0. The molecule has 0 aliphatic rings. The molecule has 1 aromatic heterocycles. The average molecular weight is 466 g/mol. The predicted octanol–water partition coefficient (Wildman–Crippen LogP) is 6.41. The van der Waals surface area contributed by atoms with Crippen molar-refractivity contribution in [2.75, 3.05) is 11.5 Å². The minimum Gasteiger partial charge on any atom is -0.462 e. The number of carbonyl (C=O) groups is 3. The second-order valence-electron chi connectivity index (χ2n) is 8.83. The molecular formula is C23H28FNO6S. The Morgan fingerprint density at radius 1 is 0.938 bits per heavy atom. The molecule has 1 heterocycles. The molecule has 2 aromatic rings. The second-order valence-corrected chi connectivity index (χ2v) is 9.68. The zero-order valence-corrected chi connectivity index (χ0v) is 20.1. The van der Waals surface area contributed by atoms with E-state index in [1.165, 1.54) is 23.6 Å². The molecule has 2 amide bonds. The maximum atomic E-state index is 14.5. The van der Waals surface area contributed by atoms with Gasteiger partial charge in [0, 0.05) is 16.5 Å². The van der Waals surface area contributed by atoms with Crippen LogP contribution in [0.5, 0.6) is 0 Å². The van der Waals surface area contributed by atoms with E-state index in [2.05, 4.69) is 0 Å².